The number of hydrogen-bond acceptors (Lipinski definition) is 4. The third-order valence-corrected chi connectivity index (χ3v) is 4.79. The average molecular weight is 284 g/mol. The molecule has 2 aromatic rings. The molecule has 1 heterocycles. The van der Waals surface area contributed by atoms with E-state index in [1.807, 2.05) is 6.92 Å². The molecular formula is C17H24N4. The van der Waals surface area contributed by atoms with Gasteiger partial charge in [-0.2, -0.15) is 5.10 Å². The average Bonchev–Trinajstić information content (AvgIpc) is 2.99. The van der Waals surface area contributed by atoms with Gasteiger partial charge in [0.2, 0.25) is 0 Å². The smallest absolute Gasteiger partial charge is 0.159 e. The fourth-order valence-electron chi connectivity index (χ4n) is 3.68. The maximum Gasteiger partial charge on any atom is 0.159 e. The number of nitrogens with zero attached hydrogens (tertiary/aromatic N) is 3. The molecule has 2 unspecified atom stereocenters. The van der Waals surface area contributed by atoms with E-state index in [1.165, 1.54) is 30.0 Å². The van der Waals surface area contributed by atoms with Gasteiger partial charge in [0.05, 0.1) is 5.69 Å². The van der Waals surface area contributed by atoms with Crippen LogP contribution in [0.25, 0.3) is 10.8 Å². The maximum absolute atomic E-state index is 5.97. The van der Waals surface area contributed by atoms with E-state index in [0.29, 0.717) is 12.0 Å². The highest BCUT2D eigenvalue weighted by Crippen LogP contribution is 2.34. The molecule has 1 aliphatic carbocycles. The molecule has 0 radical (unpaired) electrons. The molecule has 1 saturated carbocycles. The summed E-state index contributed by atoms with van der Waals surface area (Å²) in [6, 6.07) is 8.93. The minimum absolute atomic E-state index is 0.500. The van der Waals surface area contributed by atoms with Gasteiger partial charge in [0.25, 0.3) is 0 Å². The van der Waals surface area contributed by atoms with E-state index < -0.39 is 0 Å². The summed E-state index contributed by atoms with van der Waals surface area (Å²) >= 11 is 0. The Morgan fingerprint density at radius 1 is 1.19 bits per heavy atom. The lowest BCUT2D eigenvalue weighted by molar-refractivity contribution is 0.459. The Balaban J connectivity index is 2.07. The third kappa shape index (κ3) is 2.48. The molecule has 2 atom stereocenters. The van der Waals surface area contributed by atoms with E-state index in [4.69, 9.17) is 5.73 Å². The lowest BCUT2D eigenvalue weighted by Gasteiger charge is -2.33. The van der Waals surface area contributed by atoms with Gasteiger partial charge in [0.15, 0.2) is 5.82 Å². The third-order valence-electron chi connectivity index (χ3n) is 4.79. The van der Waals surface area contributed by atoms with Crippen LogP contribution < -0.4 is 10.6 Å². The Morgan fingerprint density at radius 2 is 1.95 bits per heavy atom. The molecule has 4 nitrogen and oxygen atoms in total. The van der Waals surface area contributed by atoms with Crippen molar-refractivity contribution >= 4 is 16.6 Å². The van der Waals surface area contributed by atoms with E-state index in [1.54, 1.807) is 0 Å². The lowest BCUT2D eigenvalue weighted by Crippen LogP contribution is -2.41. The van der Waals surface area contributed by atoms with Crippen LogP contribution in [0.1, 0.15) is 31.9 Å². The van der Waals surface area contributed by atoms with Gasteiger partial charge in [-0.05, 0) is 39.2 Å². The molecule has 112 valence electrons. The van der Waals surface area contributed by atoms with Crippen LogP contribution in [0, 0.1) is 12.8 Å². The van der Waals surface area contributed by atoms with Crippen molar-refractivity contribution in [2.75, 3.05) is 18.0 Å². The van der Waals surface area contributed by atoms with Crippen molar-refractivity contribution < 1.29 is 0 Å². The van der Waals surface area contributed by atoms with E-state index in [9.17, 15) is 0 Å². The quantitative estimate of drug-likeness (QED) is 0.938. The summed E-state index contributed by atoms with van der Waals surface area (Å²) in [5.41, 5.74) is 6.96. The van der Waals surface area contributed by atoms with Crippen molar-refractivity contribution in [3.63, 3.8) is 0 Å². The van der Waals surface area contributed by atoms with Crippen molar-refractivity contribution in [3.05, 3.63) is 30.0 Å². The molecule has 1 aliphatic rings. The van der Waals surface area contributed by atoms with Crippen LogP contribution in [0.4, 0.5) is 5.82 Å². The van der Waals surface area contributed by atoms with Crippen molar-refractivity contribution in [3.8, 4) is 0 Å². The van der Waals surface area contributed by atoms with Gasteiger partial charge < -0.3 is 10.6 Å². The topological polar surface area (TPSA) is 55.0 Å². The van der Waals surface area contributed by atoms with Crippen molar-refractivity contribution in [2.45, 2.75) is 39.2 Å². The van der Waals surface area contributed by atoms with E-state index in [-0.39, 0.29) is 0 Å². The maximum atomic E-state index is 5.97. The zero-order valence-corrected chi connectivity index (χ0v) is 12.9. The van der Waals surface area contributed by atoms with Gasteiger partial charge in [0, 0.05) is 23.4 Å². The largest absolute Gasteiger partial charge is 0.352 e. The van der Waals surface area contributed by atoms with Gasteiger partial charge in [-0.15, -0.1) is 5.10 Å². The number of benzene rings is 1. The fraction of sp³-hybridized carbons (Fsp3) is 0.529. The Kier molecular flexibility index (Phi) is 4.06. The molecule has 0 spiro atoms. The van der Waals surface area contributed by atoms with Gasteiger partial charge in [-0.3, -0.25) is 0 Å². The second-order valence-corrected chi connectivity index (χ2v) is 5.93. The predicted molar refractivity (Wildman–Crippen MR) is 87.5 cm³/mol. The van der Waals surface area contributed by atoms with Crippen LogP contribution in [-0.2, 0) is 0 Å². The molecule has 2 N–H and O–H groups in total. The number of aromatic nitrogens is 2. The van der Waals surface area contributed by atoms with Gasteiger partial charge >= 0.3 is 0 Å². The normalized spacial score (nSPS) is 21.9. The molecule has 21 heavy (non-hydrogen) atoms. The first-order valence-electron chi connectivity index (χ1n) is 7.95. The van der Waals surface area contributed by atoms with Crippen molar-refractivity contribution in [2.24, 2.45) is 11.7 Å². The number of fused-ring (bicyclic) bond motifs is 1. The highest BCUT2D eigenvalue weighted by atomic mass is 15.3. The molecule has 0 aliphatic heterocycles. The van der Waals surface area contributed by atoms with E-state index in [2.05, 4.69) is 46.3 Å². The van der Waals surface area contributed by atoms with Crippen LogP contribution in [0.5, 0.6) is 0 Å². The van der Waals surface area contributed by atoms with Gasteiger partial charge in [0.1, 0.15) is 0 Å². The minimum Gasteiger partial charge on any atom is -0.352 e. The molecule has 4 heteroatoms. The molecule has 1 fully saturated rings. The monoisotopic (exact) mass is 284 g/mol. The first-order valence-corrected chi connectivity index (χ1v) is 7.95. The Bertz CT molecular complexity index is 625. The lowest BCUT2D eigenvalue weighted by atomic mass is 10.0. The summed E-state index contributed by atoms with van der Waals surface area (Å²) in [7, 11) is 0. The molecule has 0 amide bonds. The van der Waals surface area contributed by atoms with Crippen LogP contribution >= 0.6 is 0 Å². The zero-order chi connectivity index (χ0) is 14.8. The van der Waals surface area contributed by atoms with Gasteiger partial charge in [-0.25, -0.2) is 0 Å². The molecular weight excluding hydrogens is 260 g/mol. The number of anilines is 1. The Labute approximate surface area is 126 Å². The number of aryl methyl sites for hydroxylation is 1. The minimum atomic E-state index is 0.500. The SMILES string of the molecule is CCN(c1nnc(C)c2ccccc12)C1CCCC1CN. The number of rotatable bonds is 4. The second-order valence-electron chi connectivity index (χ2n) is 5.93. The zero-order valence-electron chi connectivity index (χ0n) is 12.9. The summed E-state index contributed by atoms with van der Waals surface area (Å²) < 4.78 is 0. The van der Waals surface area contributed by atoms with Crippen LogP contribution in [0.15, 0.2) is 24.3 Å². The highest BCUT2D eigenvalue weighted by molar-refractivity contribution is 5.93. The molecule has 1 aromatic heterocycles. The van der Waals surface area contributed by atoms with Crippen molar-refractivity contribution in [1.82, 2.24) is 10.2 Å². The molecule has 0 saturated heterocycles. The Hall–Kier alpha value is -1.68. The van der Waals surface area contributed by atoms with Crippen molar-refractivity contribution in [1.29, 1.82) is 0 Å². The first-order chi connectivity index (χ1) is 10.3. The fourth-order valence-corrected chi connectivity index (χ4v) is 3.68. The predicted octanol–water partition coefficient (Wildman–Crippen LogP) is 2.89. The summed E-state index contributed by atoms with van der Waals surface area (Å²) in [6.45, 7) is 5.93. The summed E-state index contributed by atoms with van der Waals surface area (Å²) in [4.78, 5) is 2.42. The summed E-state index contributed by atoms with van der Waals surface area (Å²) in [5.74, 6) is 1.59. The summed E-state index contributed by atoms with van der Waals surface area (Å²) in [5, 5.41) is 11.3. The van der Waals surface area contributed by atoms with E-state index >= 15 is 0 Å². The van der Waals surface area contributed by atoms with Gasteiger partial charge in [-0.1, -0.05) is 30.7 Å². The number of nitrogens with two attached hydrogens (primary N) is 1. The second kappa shape index (κ2) is 5.98. The van der Waals surface area contributed by atoms with Crippen LogP contribution in [0.2, 0.25) is 0 Å². The highest BCUT2D eigenvalue weighted by Gasteiger charge is 2.32. The van der Waals surface area contributed by atoms with E-state index in [0.717, 1.165) is 24.6 Å². The molecule has 0 bridgehead atoms. The Morgan fingerprint density at radius 3 is 2.67 bits per heavy atom. The summed E-state index contributed by atoms with van der Waals surface area (Å²) in [6.07, 6.45) is 3.70. The molecule has 1 aromatic carbocycles. The first kappa shape index (κ1) is 14.3. The standard InChI is InChI=1S/C17H24N4/c1-3-21(16-10-6-7-13(16)11-18)17-15-9-5-4-8-14(15)12(2)19-20-17/h4-5,8-9,13,16H,3,6-7,10-11,18H2,1-2H3. The van der Waals surface area contributed by atoms with Crippen LogP contribution in [-0.4, -0.2) is 29.3 Å². The molecule has 3 rings (SSSR count). The number of hydrogen-bond donors (Lipinski definition) is 1. The van der Waals surface area contributed by atoms with Crippen LogP contribution in [0.3, 0.4) is 0 Å².